The fourth-order valence-electron chi connectivity index (χ4n) is 2.16. The van der Waals surface area contributed by atoms with E-state index >= 15 is 0 Å². The summed E-state index contributed by atoms with van der Waals surface area (Å²) in [5.74, 6) is 0. The van der Waals surface area contributed by atoms with Crippen LogP contribution < -0.4 is 5.73 Å². The number of para-hydroxylation sites is 1. The van der Waals surface area contributed by atoms with Gasteiger partial charge in [-0.05, 0) is 25.0 Å². The Morgan fingerprint density at radius 3 is 2.67 bits per heavy atom. The van der Waals surface area contributed by atoms with Crippen molar-refractivity contribution in [2.45, 2.75) is 20.3 Å². The van der Waals surface area contributed by atoms with Crippen LogP contribution in [0.3, 0.4) is 0 Å². The molecule has 0 spiro atoms. The summed E-state index contributed by atoms with van der Waals surface area (Å²) in [5, 5.41) is 1.12. The fraction of sp³-hybridized carbons (Fsp3) is 0.250. The van der Waals surface area contributed by atoms with Crippen molar-refractivity contribution in [2.75, 3.05) is 0 Å². The standard InChI is InChI=1S/C12H14N2O/c1-3-9-8(2)14(12(13)15)11-7-5-4-6-10(9)11/h4-7H,3H2,1-2H3,(H2,13,15). The van der Waals surface area contributed by atoms with E-state index in [9.17, 15) is 4.79 Å². The molecule has 1 aromatic carbocycles. The van der Waals surface area contributed by atoms with E-state index in [0.717, 1.165) is 23.0 Å². The minimum atomic E-state index is -0.414. The molecular formula is C12H14N2O. The zero-order valence-electron chi connectivity index (χ0n) is 8.95. The normalized spacial score (nSPS) is 10.8. The molecule has 3 nitrogen and oxygen atoms in total. The summed E-state index contributed by atoms with van der Waals surface area (Å²) in [6.07, 6.45) is 0.909. The largest absolute Gasteiger partial charge is 0.351 e. The zero-order chi connectivity index (χ0) is 11.0. The number of hydrogen-bond acceptors (Lipinski definition) is 1. The molecule has 0 bridgehead atoms. The van der Waals surface area contributed by atoms with Crippen molar-refractivity contribution in [3.63, 3.8) is 0 Å². The predicted octanol–water partition coefficient (Wildman–Crippen LogP) is 2.44. The van der Waals surface area contributed by atoms with Gasteiger partial charge in [-0.3, -0.25) is 4.57 Å². The summed E-state index contributed by atoms with van der Waals surface area (Å²) in [6.45, 7) is 4.02. The van der Waals surface area contributed by atoms with Crippen LogP contribution in [0.15, 0.2) is 24.3 Å². The van der Waals surface area contributed by atoms with Crippen molar-refractivity contribution < 1.29 is 4.79 Å². The summed E-state index contributed by atoms with van der Waals surface area (Å²) in [7, 11) is 0. The number of nitrogens with zero attached hydrogens (tertiary/aromatic N) is 1. The second-order valence-corrected chi connectivity index (χ2v) is 3.61. The first-order valence-electron chi connectivity index (χ1n) is 5.05. The van der Waals surface area contributed by atoms with Gasteiger partial charge in [-0.2, -0.15) is 0 Å². The summed E-state index contributed by atoms with van der Waals surface area (Å²) < 4.78 is 1.58. The van der Waals surface area contributed by atoms with Gasteiger partial charge in [0.15, 0.2) is 0 Å². The van der Waals surface area contributed by atoms with Crippen LogP contribution in [0.5, 0.6) is 0 Å². The van der Waals surface area contributed by atoms with Gasteiger partial charge in [0.05, 0.1) is 5.52 Å². The highest BCUT2D eigenvalue weighted by Gasteiger charge is 2.14. The quantitative estimate of drug-likeness (QED) is 0.758. The van der Waals surface area contributed by atoms with Crippen molar-refractivity contribution >= 4 is 16.9 Å². The van der Waals surface area contributed by atoms with Crippen LogP contribution in [-0.2, 0) is 6.42 Å². The lowest BCUT2D eigenvalue weighted by Crippen LogP contribution is -2.20. The van der Waals surface area contributed by atoms with Gasteiger partial charge in [-0.1, -0.05) is 25.1 Å². The topological polar surface area (TPSA) is 48.0 Å². The number of amides is 1. The Labute approximate surface area is 88.5 Å². The SMILES string of the molecule is CCc1c(C)n(C(N)=O)c2ccccc12. The maximum Gasteiger partial charge on any atom is 0.323 e. The molecule has 0 saturated heterocycles. The van der Waals surface area contributed by atoms with Crippen LogP contribution in [0.25, 0.3) is 10.9 Å². The Hall–Kier alpha value is -1.77. The molecule has 15 heavy (non-hydrogen) atoms. The van der Waals surface area contributed by atoms with E-state index in [2.05, 4.69) is 6.92 Å². The molecule has 2 N–H and O–H groups in total. The lowest BCUT2D eigenvalue weighted by molar-refractivity contribution is 0.251. The number of carbonyl (C=O) groups excluding carboxylic acids is 1. The molecule has 2 aromatic rings. The second-order valence-electron chi connectivity index (χ2n) is 3.61. The minimum Gasteiger partial charge on any atom is -0.351 e. The Kier molecular flexibility index (Phi) is 2.23. The molecule has 0 radical (unpaired) electrons. The number of aromatic nitrogens is 1. The highest BCUT2D eigenvalue weighted by atomic mass is 16.2. The van der Waals surface area contributed by atoms with E-state index in [1.165, 1.54) is 5.56 Å². The third-order valence-electron chi connectivity index (χ3n) is 2.82. The van der Waals surface area contributed by atoms with Crippen molar-refractivity contribution in [1.82, 2.24) is 4.57 Å². The molecule has 0 atom stereocenters. The molecule has 0 unspecified atom stereocenters. The number of primary amides is 1. The van der Waals surface area contributed by atoms with Crippen LogP contribution in [0.1, 0.15) is 18.2 Å². The van der Waals surface area contributed by atoms with Crippen molar-refractivity contribution in [1.29, 1.82) is 0 Å². The number of rotatable bonds is 1. The average molecular weight is 202 g/mol. The summed E-state index contributed by atoms with van der Waals surface area (Å²) >= 11 is 0. The molecule has 0 saturated carbocycles. The number of carbonyl (C=O) groups is 1. The van der Waals surface area contributed by atoms with E-state index in [0.29, 0.717) is 0 Å². The maximum absolute atomic E-state index is 11.4. The van der Waals surface area contributed by atoms with Crippen LogP contribution in [0.4, 0.5) is 4.79 Å². The molecule has 0 fully saturated rings. The highest BCUT2D eigenvalue weighted by Crippen LogP contribution is 2.25. The first kappa shape index (κ1) is 9.77. The van der Waals surface area contributed by atoms with Crippen molar-refractivity contribution in [3.8, 4) is 0 Å². The Morgan fingerprint density at radius 1 is 1.40 bits per heavy atom. The third kappa shape index (κ3) is 1.31. The van der Waals surface area contributed by atoms with Crippen molar-refractivity contribution in [2.24, 2.45) is 5.73 Å². The van der Waals surface area contributed by atoms with Crippen molar-refractivity contribution in [3.05, 3.63) is 35.5 Å². The summed E-state index contributed by atoms with van der Waals surface area (Å²) in [6, 6.07) is 7.43. The molecule has 1 aromatic heterocycles. The third-order valence-corrected chi connectivity index (χ3v) is 2.82. The summed E-state index contributed by atoms with van der Waals surface area (Å²) in [4.78, 5) is 11.4. The van der Waals surface area contributed by atoms with Gasteiger partial charge >= 0.3 is 6.03 Å². The van der Waals surface area contributed by atoms with Crippen LogP contribution in [0, 0.1) is 6.92 Å². The molecule has 2 rings (SSSR count). The van der Waals surface area contributed by atoms with E-state index in [1.807, 2.05) is 31.2 Å². The monoisotopic (exact) mass is 202 g/mol. The average Bonchev–Trinajstić information content (AvgIpc) is 2.49. The fourth-order valence-corrected chi connectivity index (χ4v) is 2.16. The highest BCUT2D eigenvalue weighted by molar-refractivity contribution is 5.94. The maximum atomic E-state index is 11.4. The molecule has 1 heterocycles. The van der Waals surface area contributed by atoms with E-state index in [4.69, 9.17) is 5.73 Å². The molecule has 0 aliphatic rings. The van der Waals surface area contributed by atoms with Crippen LogP contribution >= 0.6 is 0 Å². The van der Waals surface area contributed by atoms with Gasteiger partial charge in [0, 0.05) is 11.1 Å². The number of nitrogens with two attached hydrogens (primary N) is 1. The lowest BCUT2D eigenvalue weighted by atomic mass is 10.1. The molecular weight excluding hydrogens is 188 g/mol. The minimum absolute atomic E-state index is 0.414. The summed E-state index contributed by atoms with van der Waals surface area (Å²) in [5.41, 5.74) is 8.42. The number of benzene rings is 1. The number of fused-ring (bicyclic) bond motifs is 1. The molecule has 1 amide bonds. The molecule has 0 aliphatic carbocycles. The van der Waals surface area contributed by atoms with Gasteiger partial charge in [0.25, 0.3) is 0 Å². The van der Waals surface area contributed by atoms with Gasteiger partial charge in [0.2, 0.25) is 0 Å². The predicted molar refractivity (Wildman–Crippen MR) is 61.0 cm³/mol. The van der Waals surface area contributed by atoms with E-state index < -0.39 is 6.03 Å². The molecule has 3 heteroatoms. The first-order chi connectivity index (χ1) is 7.16. The van der Waals surface area contributed by atoms with E-state index in [-0.39, 0.29) is 0 Å². The molecule has 0 aliphatic heterocycles. The first-order valence-corrected chi connectivity index (χ1v) is 5.05. The Balaban J connectivity index is 2.91. The smallest absolute Gasteiger partial charge is 0.323 e. The Morgan fingerprint density at radius 2 is 2.07 bits per heavy atom. The molecule has 78 valence electrons. The Bertz CT molecular complexity index is 526. The van der Waals surface area contributed by atoms with Gasteiger partial charge in [-0.25, -0.2) is 4.79 Å². The number of hydrogen-bond donors (Lipinski definition) is 1. The number of aryl methyl sites for hydroxylation is 1. The zero-order valence-corrected chi connectivity index (χ0v) is 8.95. The second kappa shape index (κ2) is 3.42. The van der Waals surface area contributed by atoms with Crippen LogP contribution in [0.2, 0.25) is 0 Å². The van der Waals surface area contributed by atoms with E-state index in [1.54, 1.807) is 4.57 Å². The van der Waals surface area contributed by atoms with Gasteiger partial charge in [0.1, 0.15) is 0 Å². The lowest BCUT2D eigenvalue weighted by Gasteiger charge is -2.01. The van der Waals surface area contributed by atoms with Crippen LogP contribution in [-0.4, -0.2) is 10.6 Å². The van der Waals surface area contributed by atoms with Gasteiger partial charge in [-0.15, -0.1) is 0 Å². The van der Waals surface area contributed by atoms with Gasteiger partial charge < -0.3 is 5.73 Å².